The van der Waals surface area contributed by atoms with Gasteiger partial charge in [0.1, 0.15) is 0 Å². The molecule has 1 heterocycles. The van der Waals surface area contributed by atoms with Crippen LogP contribution in [0, 0.1) is 0 Å². The van der Waals surface area contributed by atoms with E-state index >= 15 is 0 Å². The van der Waals surface area contributed by atoms with E-state index in [0.29, 0.717) is 11.1 Å². The predicted molar refractivity (Wildman–Crippen MR) is 88.2 cm³/mol. The van der Waals surface area contributed by atoms with Crippen LogP contribution in [0.15, 0.2) is 0 Å². The summed E-state index contributed by atoms with van der Waals surface area (Å²) in [7, 11) is 0. The van der Waals surface area contributed by atoms with E-state index in [1.807, 2.05) is 0 Å². The molecule has 1 unspecified atom stereocenters. The Morgan fingerprint density at radius 1 is 1.00 bits per heavy atom. The first kappa shape index (κ1) is 16.3. The quantitative estimate of drug-likeness (QED) is 0.698. The summed E-state index contributed by atoms with van der Waals surface area (Å²) in [6, 6.07) is 0. The summed E-state index contributed by atoms with van der Waals surface area (Å²) < 4.78 is 0. The third-order valence-corrected chi connectivity index (χ3v) is 5.90. The monoisotopic (exact) mass is 280 g/mol. The van der Waals surface area contributed by atoms with Crippen LogP contribution in [-0.2, 0) is 0 Å². The van der Waals surface area contributed by atoms with E-state index in [9.17, 15) is 0 Å². The van der Waals surface area contributed by atoms with E-state index in [2.05, 4.69) is 31.0 Å². The fourth-order valence-electron chi connectivity index (χ4n) is 4.12. The molecule has 2 fully saturated rings. The first-order chi connectivity index (χ1) is 9.64. The Bertz CT molecular complexity index is 283. The van der Waals surface area contributed by atoms with E-state index in [1.54, 1.807) is 0 Å². The van der Waals surface area contributed by atoms with Crippen LogP contribution in [0.3, 0.4) is 0 Å². The van der Waals surface area contributed by atoms with Crippen LogP contribution in [0.1, 0.15) is 85.0 Å². The molecule has 20 heavy (non-hydrogen) atoms. The first-order valence-corrected chi connectivity index (χ1v) is 9.14. The third-order valence-electron chi connectivity index (χ3n) is 5.90. The number of rotatable bonds is 7. The van der Waals surface area contributed by atoms with Crippen molar-refractivity contribution in [3.63, 3.8) is 0 Å². The summed E-state index contributed by atoms with van der Waals surface area (Å²) in [5, 5.41) is 3.88. The molecule has 1 aliphatic carbocycles. The van der Waals surface area contributed by atoms with Crippen LogP contribution in [0.25, 0.3) is 0 Å². The molecular weight excluding hydrogens is 244 g/mol. The molecule has 1 spiro atoms. The average molecular weight is 281 g/mol. The highest BCUT2D eigenvalue weighted by atomic mass is 15.3. The number of hydrogen-bond donors (Lipinski definition) is 1. The lowest BCUT2D eigenvalue weighted by molar-refractivity contribution is 0.0107. The molecule has 0 aromatic heterocycles. The van der Waals surface area contributed by atoms with Gasteiger partial charge in [-0.2, -0.15) is 0 Å². The minimum absolute atomic E-state index is 0.345. The van der Waals surface area contributed by atoms with Gasteiger partial charge >= 0.3 is 0 Å². The SMILES string of the molecule is CCCCCCCN1CC(C)(CC)NCC12CCCC2. The fourth-order valence-corrected chi connectivity index (χ4v) is 4.12. The molecule has 0 bridgehead atoms. The Morgan fingerprint density at radius 3 is 2.35 bits per heavy atom. The topological polar surface area (TPSA) is 15.3 Å². The van der Waals surface area contributed by atoms with Gasteiger partial charge < -0.3 is 5.32 Å². The molecule has 1 saturated carbocycles. The fraction of sp³-hybridized carbons (Fsp3) is 1.00. The van der Waals surface area contributed by atoms with E-state index in [4.69, 9.17) is 0 Å². The lowest BCUT2D eigenvalue weighted by Crippen LogP contribution is -2.68. The molecular formula is C18H36N2. The molecule has 1 N–H and O–H groups in total. The second-order valence-electron chi connectivity index (χ2n) is 7.53. The first-order valence-electron chi connectivity index (χ1n) is 9.14. The summed E-state index contributed by atoms with van der Waals surface area (Å²) in [5.74, 6) is 0. The lowest BCUT2D eigenvalue weighted by Gasteiger charge is -2.52. The van der Waals surface area contributed by atoms with Crippen LogP contribution in [0.5, 0.6) is 0 Å². The van der Waals surface area contributed by atoms with Gasteiger partial charge in [0, 0.05) is 24.2 Å². The minimum atomic E-state index is 0.345. The van der Waals surface area contributed by atoms with Gasteiger partial charge in [-0.05, 0) is 39.2 Å². The number of nitrogens with one attached hydrogen (secondary N) is 1. The van der Waals surface area contributed by atoms with Crippen molar-refractivity contribution in [1.82, 2.24) is 10.2 Å². The molecule has 0 radical (unpaired) electrons. The molecule has 2 nitrogen and oxygen atoms in total. The highest BCUT2D eigenvalue weighted by Gasteiger charge is 2.45. The second kappa shape index (κ2) is 7.26. The molecule has 1 saturated heterocycles. The standard InChI is InChI=1S/C18H36N2/c1-4-6-7-8-11-14-20-16-17(3,5-2)19-15-18(20)12-9-10-13-18/h19H,4-16H2,1-3H3. The van der Waals surface area contributed by atoms with Crippen molar-refractivity contribution in [3.8, 4) is 0 Å². The maximum atomic E-state index is 3.88. The van der Waals surface area contributed by atoms with Crippen molar-refractivity contribution in [2.45, 2.75) is 96.1 Å². The van der Waals surface area contributed by atoms with Crippen LogP contribution >= 0.6 is 0 Å². The Kier molecular flexibility index (Phi) is 5.92. The molecule has 0 aromatic rings. The van der Waals surface area contributed by atoms with Crippen molar-refractivity contribution in [2.24, 2.45) is 0 Å². The third kappa shape index (κ3) is 3.76. The Labute approximate surface area is 126 Å². The molecule has 1 aliphatic heterocycles. The summed E-state index contributed by atoms with van der Waals surface area (Å²) >= 11 is 0. The molecule has 2 rings (SSSR count). The van der Waals surface area contributed by atoms with Gasteiger partial charge in [0.25, 0.3) is 0 Å². The van der Waals surface area contributed by atoms with Gasteiger partial charge in [-0.25, -0.2) is 0 Å². The van der Waals surface area contributed by atoms with Crippen molar-refractivity contribution < 1.29 is 0 Å². The Hall–Kier alpha value is -0.0800. The average Bonchev–Trinajstić information content (AvgIpc) is 2.93. The summed E-state index contributed by atoms with van der Waals surface area (Å²) in [6.07, 6.45) is 14.0. The molecule has 0 aromatic carbocycles. The number of unbranched alkanes of at least 4 members (excludes halogenated alkanes) is 4. The smallest absolute Gasteiger partial charge is 0.0334 e. The number of nitrogens with zero attached hydrogens (tertiary/aromatic N) is 1. The van der Waals surface area contributed by atoms with Gasteiger partial charge in [0.15, 0.2) is 0 Å². The maximum absolute atomic E-state index is 3.88. The molecule has 1 atom stereocenters. The summed E-state index contributed by atoms with van der Waals surface area (Å²) in [5.41, 5.74) is 0.858. The van der Waals surface area contributed by atoms with Crippen LogP contribution < -0.4 is 5.32 Å². The van der Waals surface area contributed by atoms with Gasteiger partial charge in [-0.1, -0.05) is 52.4 Å². The van der Waals surface area contributed by atoms with E-state index < -0.39 is 0 Å². The van der Waals surface area contributed by atoms with E-state index in [0.717, 1.165) is 0 Å². The Morgan fingerprint density at radius 2 is 1.70 bits per heavy atom. The van der Waals surface area contributed by atoms with Crippen LogP contribution in [-0.4, -0.2) is 35.6 Å². The lowest BCUT2D eigenvalue weighted by atomic mass is 9.84. The van der Waals surface area contributed by atoms with Gasteiger partial charge in [-0.15, -0.1) is 0 Å². The van der Waals surface area contributed by atoms with Crippen molar-refractivity contribution in [3.05, 3.63) is 0 Å². The zero-order valence-corrected chi connectivity index (χ0v) is 14.1. The van der Waals surface area contributed by atoms with E-state index in [1.165, 1.54) is 83.8 Å². The molecule has 118 valence electrons. The zero-order chi connectivity index (χ0) is 14.5. The summed E-state index contributed by atoms with van der Waals surface area (Å²) in [4.78, 5) is 2.88. The van der Waals surface area contributed by atoms with E-state index in [-0.39, 0.29) is 0 Å². The summed E-state index contributed by atoms with van der Waals surface area (Å²) in [6.45, 7) is 10.9. The maximum Gasteiger partial charge on any atom is 0.0334 e. The Balaban J connectivity index is 1.89. The predicted octanol–water partition coefficient (Wildman–Crippen LogP) is 4.34. The van der Waals surface area contributed by atoms with Crippen molar-refractivity contribution >= 4 is 0 Å². The number of piperazine rings is 1. The highest BCUT2D eigenvalue weighted by Crippen LogP contribution is 2.39. The van der Waals surface area contributed by atoms with Gasteiger partial charge in [0.05, 0.1) is 0 Å². The largest absolute Gasteiger partial charge is 0.308 e. The highest BCUT2D eigenvalue weighted by molar-refractivity contribution is 5.05. The molecule has 0 amide bonds. The molecule has 2 heteroatoms. The van der Waals surface area contributed by atoms with Crippen molar-refractivity contribution in [2.75, 3.05) is 19.6 Å². The zero-order valence-electron chi connectivity index (χ0n) is 14.1. The van der Waals surface area contributed by atoms with Crippen LogP contribution in [0.2, 0.25) is 0 Å². The normalized spacial score (nSPS) is 30.1. The van der Waals surface area contributed by atoms with Crippen LogP contribution in [0.4, 0.5) is 0 Å². The minimum Gasteiger partial charge on any atom is -0.308 e. The number of hydrogen-bond acceptors (Lipinski definition) is 2. The van der Waals surface area contributed by atoms with Gasteiger partial charge in [0.2, 0.25) is 0 Å². The van der Waals surface area contributed by atoms with Gasteiger partial charge in [-0.3, -0.25) is 4.90 Å². The van der Waals surface area contributed by atoms with Crippen molar-refractivity contribution in [1.29, 1.82) is 0 Å². The molecule has 2 aliphatic rings. The second-order valence-corrected chi connectivity index (χ2v) is 7.53.